The van der Waals surface area contributed by atoms with Crippen molar-refractivity contribution < 1.29 is 33.3 Å². The van der Waals surface area contributed by atoms with E-state index < -0.39 is 41.2 Å². The van der Waals surface area contributed by atoms with Crippen LogP contribution in [0.15, 0.2) is 91.0 Å². The Balaban J connectivity index is 1.47. The average molecular weight is 525 g/mol. The number of hydrogen-bond acceptors (Lipinski definition) is 7. The minimum absolute atomic E-state index is 0.206. The third kappa shape index (κ3) is 5.70. The molecule has 1 aliphatic rings. The Morgan fingerprint density at radius 1 is 0.676 bits per heavy atom. The van der Waals surface area contributed by atoms with E-state index in [4.69, 9.17) is 18.9 Å². The van der Waals surface area contributed by atoms with Crippen LogP contribution in [-0.4, -0.2) is 47.8 Å². The number of carbonyl (C=O) groups is 3. The van der Waals surface area contributed by atoms with Gasteiger partial charge in [0.2, 0.25) is 6.29 Å². The standard InChI is InChI=1S/C26H21BrO7/c27-21-22(33-24(29)18-12-6-2-7-13-18)20(16-31-23(28)17-10-4-1-5-11-17)32-26(21)34-25(30)19-14-8-3-9-15-19/h1-15,20-22,26H,16H2/t20-,21-,22-,26?/m0/s1. The minimum atomic E-state index is -1.07. The second-order valence-corrected chi connectivity index (χ2v) is 8.52. The Morgan fingerprint density at radius 3 is 1.62 bits per heavy atom. The summed E-state index contributed by atoms with van der Waals surface area (Å²) in [5.41, 5.74) is 1.08. The molecular formula is C26H21BrO7. The number of ether oxygens (including phenoxy) is 4. The summed E-state index contributed by atoms with van der Waals surface area (Å²) in [6, 6.07) is 25.4. The van der Waals surface area contributed by atoms with E-state index in [0.29, 0.717) is 16.7 Å². The number of rotatable bonds is 7. The predicted octanol–water partition coefficient (Wildman–Crippen LogP) is 4.41. The predicted molar refractivity (Wildman–Crippen MR) is 126 cm³/mol. The molecule has 0 N–H and O–H groups in total. The molecule has 3 aromatic rings. The first-order chi connectivity index (χ1) is 16.5. The molecule has 0 saturated carbocycles. The summed E-state index contributed by atoms with van der Waals surface area (Å²) >= 11 is 3.45. The molecule has 0 spiro atoms. The van der Waals surface area contributed by atoms with E-state index in [9.17, 15) is 14.4 Å². The lowest BCUT2D eigenvalue weighted by molar-refractivity contribution is -0.116. The van der Waals surface area contributed by atoms with Crippen molar-refractivity contribution in [1.82, 2.24) is 0 Å². The topological polar surface area (TPSA) is 88.1 Å². The summed E-state index contributed by atoms with van der Waals surface area (Å²) in [4.78, 5) is 36.9. The zero-order valence-electron chi connectivity index (χ0n) is 17.9. The van der Waals surface area contributed by atoms with Crippen molar-refractivity contribution in [2.75, 3.05) is 6.61 Å². The largest absolute Gasteiger partial charge is 0.459 e. The van der Waals surface area contributed by atoms with Crippen LogP contribution in [0.1, 0.15) is 31.1 Å². The van der Waals surface area contributed by atoms with Gasteiger partial charge in [0, 0.05) is 0 Å². The van der Waals surface area contributed by atoms with E-state index in [1.165, 1.54) is 0 Å². The number of halogens is 1. The van der Waals surface area contributed by atoms with Crippen LogP contribution in [0, 0.1) is 0 Å². The van der Waals surface area contributed by atoms with E-state index in [1.54, 1.807) is 91.0 Å². The van der Waals surface area contributed by atoms with Gasteiger partial charge in [-0.25, -0.2) is 14.4 Å². The molecule has 7 nitrogen and oxygen atoms in total. The molecular weight excluding hydrogens is 504 g/mol. The smallest absolute Gasteiger partial charge is 0.340 e. The highest BCUT2D eigenvalue weighted by atomic mass is 79.9. The first-order valence-corrected chi connectivity index (χ1v) is 11.5. The van der Waals surface area contributed by atoms with Crippen LogP contribution in [0.25, 0.3) is 0 Å². The number of carbonyl (C=O) groups excluding carboxylic acids is 3. The molecule has 1 aliphatic heterocycles. The molecule has 1 saturated heterocycles. The summed E-state index contributed by atoms with van der Waals surface area (Å²) in [5, 5.41) is 0. The van der Waals surface area contributed by atoms with E-state index in [0.717, 1.165) is 0 Å². The van der Waals surface area contributed by atoms with Crippen molar-refractivity contribution >= 4 is 33.8 Å². The fourth-order valence-electron chi connectivity index (χ4n) is 3.38. The second-order valence-electron chi connectivity index (χ2n) is 7.46. The summed E-state index contributed by atoms with van der Waals surface area (Å²) < 4.78 is 22.4. The quantitative estimate of drug-likeness (QED) is 0.257. The summed E-state index contributed by atoms with van der Waals surface area (Å²) in [6.45, 7) is -0.206. The Hall–Kier alpha value is -3.49. The maximum atomic E-state index is 12.7. The summed E-state index contributed by atoms with van der Waals surface area (Å²) in [5.74, 6) is -1.72. The highest BCUT2D eigenvalue weighted by Crippen LogP contribution is 2.32. The molecule has 1 unspecified atom stereocenters. The van der Waals surface area contributed by atoms with Crippen molar-refractivity contribution in [2.45, 2.75) is 23.3 Å². The molecule has 3 aromatic carbocycles. The van der Waals surface area contributed by atoms with E-state index in [2.05, 4.69) is 15.9 Å². The van der Waals surface area contributed by atoms with Crippen molar-refractivity contribution in [2.24, 2.45) is 0 Å². The van der Waals surface area contributed by atoms with Gasteiger partial charge in [0.1, 0.15) is 17.5 Å². The molecule has 174 valence electrons. The van der Waals surface area contributed by atoms with Crippen molar-refractivity contribution in [1.29, 1.82) is 0 Å². The van der Waals surface area contributed by atoms with Crippen LogP contribution in [0.3, 0.4) is 0 Å². The fourth-order valence-corrected chi connectivity index (χ4v) is 4.06. The number of benzene rings is 3. The molecule has 8 heteroatoms. The van der Waals surface area contributed by atoms with Gasteiger partial charge in [0.25, 0.3) is 0 Å². The van der Waals surface area contributed by atoms with Crippen LogP contribution in [0.4, 0.5) is 0 Å². The summed E-state index contributed by atoms with van der Waals surface area (Å²) in [6.07, 6.45) is -2.81. The van der Waals surface area contributed by atoms with Crippen LogP contribution in [0.5, 0.6) is 0 Å². The molecule has 0 aliphatic carbocycles. The van der Waals surface area contributed by atoms with Gasteiger partial charge in [-0.1, -0.05) is 70.5 Å². The fraction of sp³-hybridized carbons (Fsp3) is 0.192. The van der Waals surface area contributed by atoms with E-state index >= 15 is 0 Å². The second kappa shape index (κ2) is 11.1. The molecule has 0 radical (unpaired) electrons. The van der Waals surface area contributed by atoms with Crippen molar-refractivity contribution in [3.05, 3.63) is 108 Å². The molecule has 0 aromatic heterocycles. The van der Waals surface area contributed by atoms with Crippen molar-refractivity contribution in [3.8, 4) is 0 Å². The molecule has 34 heavy (non-hydrogen) atoms. The molecule has 0 bridgehead atoms. The van der Waals surface area contributed by atoms with Gasteiger partial charge in [-0.15, -0.1) is 0 Å². The lowest BCUT2D eigenvalue weighted by atomic mass is 10.1. The third-order valence-corrected chi connectivity index (χ3v) is 6.08. The monoisotopic (exact) mass is 524 g/mol. The molecule has 1 fully saturated rings. The average Bonchev–Trinajstić information content (AvgIpc) is 3.17. The highest BCUT2D eigenvalue weighted by Gasteiger charge is 2.48. The normalized spacial score (nSPS) is 21.4. The lowest BCUT2D eigenvalue weighted by Gasteiger charge is -2.20. The van der Waals surface area contributed by atoms with Gasteiger partial charge in [0.05, 0.1) is 16.7 Å². The first kappa shape index (κ1) is 23.7. The molecule has 4 atom stereocenters. The van der Waals surface area contributed by atoms with E-state index in [-0.39, 0.29) is 6.61 Å². The number of esters is 3. The van der Waals surface area contributed by atoms with Crippen LogP contribution in [0.2, 0.25) is 0 Å². The van der Waals surface area contributed by atoms with Crippen LogP contribution in [-0.2, 0) is 18.9 Å². The van der Waals surface area contributed by atoms with Gasteiger partial charge in [-0.2, -0.15) is 0 Å². The van der Waals surface area contributed by atoms with Gasteiger partial charge < -0.3 is 18.9 Å². The Kier molecular flexibility index (Phi) is 7.72. The first-order valence-electron chi connectivity index (χ1n) is 10.6. The Bertz CT molecular complexity index is 1120. The molecule has 1 heterocycles. The maximum Gasteiger partial charge on any atom is 0.340 e. The summed E-state index contributed by atoms with van der Waals surface area (Å²) in [7, 11) is 0. The number of alkyl halides is 1. The third-order valence-electron chi connectivity index (χ3n) is 5.12. The Morgan fingerprint density at radius 2 is 1.12 bits per heavy atom. The molecule has 0 amide bonds. The molecule has 4 rings (SSSR count). The van der Waals surface area contributed by atoms with Crippen molar-refractivity contribution in [3.63, 3.8) is 0 Å². The van der Waals surface area contributed by atoms with Gasteiger partial charge in [-0.05, 0) is 36.4 Å². The zero-order valence-corrected chi connectivity index (χ0v) is 19.5. The van der Waals surface area contributed by atoms with Crippen LogP contribution < -0.4 is 0 Å². The maximum absolute atomic E-state index is 12.7. The van der Waals surface area contributed by atoms with E-state index in [1.807, 2.05) is 0 Å². The Labute approximate surface area is 204 Å². The SMILES string of the molecule is O=C(OC[C@@H]1OC(OC(=O)c2ccccc2)[C@@H](Br)[C@H]1OC(=O)c1ccccc1)c1ccccc1. The highest BCUT2D eigenvalue weighted by molar-refractivity contribution is 9.09. The zero-order chi connectivity index (χ0) is 23.9. The van der Waals surface area contributed by atoms with Gasteiger partial charge >= 0.3 is 17.9 Å². The van der Waals surface area contributed by atoms with Gasteiger partial charge in [0.15, 0.2) is 6.10 Å². The lowest BCUT2D eigenvalue weighted by Crippen LogP contribution is -2.37. The number of hydrogen-bond donors (Lipinski definition) is 0. The van der Waals surface area contributed by atoms with Gasteiger partial charge in [-0.3, -0.25) is 0 Å². The van der Waals surface area contributed by atoms with Crippen LogP contribution >= 0.6 is 15.9 Å². The minimum Gasteiger partial charge on any atom is -0.459 e.